The summed E-state index contributed by atoms with van der Waals surface area (Å²) in [6.45, 7) is 3.85. The van der Waals surface area contributed by atoms with Gasteiger partial charge in [-0.05, 0) is 55.3 Å². The normalized spacial score (nSPS) is 12.3. The van der Waals surface area contributed by atoms with Crippen LogP contribution in [0.4, 0.5) is 5.82 Å². The van der Waals surface area contributed by atoms with Gasteiger partial charge in [0.1, 0.15) is 29.1 Å². The van der Waals surface area contributed by atoms with E-state index in [1.54, 1.807) is 27.4 Å². The smallest absolute Gasteiger partial charge is 0.282 e. The Morgan fingerprint density at radius 2 is 1.81 bits per heavy atom. The molecule has 0 radical (unpaired) electrons. The Morgan fingerprint density at radius 1 is 1.03 bits per heavy atom. The van der Waals surface area contributed by atoms with Gasteiger partial charge in [0.2, 0.25) is 0 Å². The first-order valence-corrected chi connectivity index (χ1v) is 11.6. The van der Waals surface area contributed by atoms with Crippen LogP contribution < -0.4 is 10.9 Å². The minimum atomic E-state index is -0.384. The van der Waals surface area contributed by atoms with Crippen LogP contribution in [-0.2, 0) is 0 Å². The second-order valence-corrected chi connectivity index (χ2v) is 8.69. The fraction of sp³-hybridized carbons (Fsp3) is 0.111. The van der Waals surface area contributed by atoms with Crippen LogP contribution in [0.25, 0.3) is 33.4 Å². The summed E-state index contributed by atoms with van der Waals surface area (Å²) in [5.41, 5.74) is 4.49. The SMILES string of the molecule is Cc1ccn2nc(C(C)Nc3ncnc4[nH]cc(-c5ccc(O)cc5)c34)n(-c3ccccc3)c(=O)c12. The zero-order chi connectivity index (χ0) is 24.8. The molecule has 36 heavy (non-hydrogen) atoms. The number of hydrogen-bond donors (Lipinski definition) is 3. The molecule has 0 saturated heterocycles. The zero-order valence-electron chi connectivity index (χ0n) is 19.7. The monoisotopic (exact) mass is 477 g/mol. The number of aromatic hydroxyl groups is 1. The highest BCUT2D eigenvalue weighted by Crippen LogP contribution is 2.34. The predicted octanol–water partition coefficient (Wildman–Crippen LogP) is 4.61. The van der Waals surface area contributed by atoms with Crippen LogP contribution in [0.2, 0.25) is 0 Å². The number of hydrogen-bond acceptors (Lipinski definition) is 6. The average Bonchev–Trinajstić information content (AvgIpc) is 3.49. The van der Waals surface area contributed by atoms with Crippen LogP contribution in [-0.4, -0.2) is 34.2 Å². The summed E-state index contributed by atoms with van der Waals surface area (Å²) >= 11 is 0. The molecule has 1 atom stereocenters. The molecule has 9 heteroatoms. The van der Waals surface area contributed by atoms with E-state index in [1.807, 2.05) is 68.6 Å². The lowest BCUT2D eigenvalue weighted by molar-refractivity contribution is 0.475. The van der Waals surface area contributed by atoms with Gasteiger partial charge in [0.05, 0.1) is 17.1 Å². The number of nitrogens with one attached hydrogen (secondary N) is 2. The third kappa shape index (κ3) is 3.49. The summed E-state index contributed by atoms with van der Waals surface area (Å²) in [6.07, 6.45) is 5.16. The van der Waals surface area contributed by atoms with E-state index >= 15 is 0 Å². The maximum atomic E-state index is 13.6. The molecule has 0 spiro atoms. The maximum absolute atomic E-state index is 13.6. The van der Waals surface area contributed by atoms with Crippen LogP contribution in [0, 0.1) is 6.92 Å². The molecule has 3 N–H and O–H groups in total. The molecule has 1 unspecified atom stereocenters. The number of anilines is 1. The molecule has 0 amide bonds. The number of benzene rings is 2. The highest BCUT2D eigenvalue weighted by Gasteiger charge is 2.21. The van der Waals surface area contributed by atoms with Crippen LogP contribution in [0.1, 0.15) is 24.4 Å². The Kier molecular flexibility index (Phi) is 5.03. The highest BCUT2D eigenvalue weighted by atomic mass is 16.3. The van der Waals surface area contributed by atoms with Crippen molar-refractivity contribution in [1.82, 2.24) is 29.1 Å². The van der Waals surface area contributed by atoms with Crippen molar-refractivity contribution in [2.75, 3.05) is 5.32 Å². The van der Waals surface area contributed by atoms with Gasteiger partial charge in [0.25, 0.3) is 5.56 Å². The summed E-state index contributed by atoms with van der Waals surface area (Å²) in [6, 6.07) is 18.0. The van der Waals surface area contributed by atoms with E-state index in [-0.39, 0.29) is 17.4 Å². The molecule has 0 fully saturated rings. The van der Waals surface area contributed by atoms with Crippen molar-refractivity contribution in [2.24, 2.45) is 0 Å². The Balaban J connectivity index is 1.50. The highest BCUT2D eigenvalue weighted by molar-refractivity contribution is 6.00. The van der Waals surface area contributed by atoms with E-state index in [4.69, 9.17) is 5.10 Å². The Labute approximate surface area is 205 Å². The zero-order valence-corrected chi connectivity index (χ0v) is 19.7. The van der Waals surface area contributed by atoms with Crippen LogP contribution in [0.5, 0.6) is 5.75 Å². The topological polar surface area (TPSA) is 113 Å². The summed E-state index contributed by atoms with van der Waals surface area (Å²) in [7, 11) is 0. The van der Waals surface area contributed by atoms with E-state index in [2.05, 4.69) is 20.3 Å². The van der Waals surface area contributed by atoms with Crippen molar-refractivity contribution in [3.63, 3.8) is 0 Å². The fourth-order valence-electron chi connectivity index (χ4n) is 4.55. The van der Waals surface area contributed by atoms with Crippen LogP contribution in [0.3, 0.4) is 0 Å². The van der Waals surface area contributed by atoms with Crippen LogP contribution >= 0.6 is 0 Å². The molecular weight excluding hydrogens is 454 g/mol. The second kappa shape index (κ2) is 8.38. The average molecular weight is 478 g/mol. The molecular formula is C27H23N7O2. The number of aromatic nitrogens is 6. The van der Waals surface area contributed by atoms with Crippen molar-refractivity contribution >= 4 is 22.4 Å². The molecule has 178 valence electrons. The first-order valence-electron chi connectivity index (χ1n) is 11.6. The van der Waals surface area contributed by atoms with E-state index in [0.717, 1.165) is 27.8 Å². The van der Waals surface area contributed by atoms with Gasteiger partial charge in [0.15, 0.2) is 5.82 Å². The first kappa shape index (κ1) is 21.6. The summed E-state index contributed by atoms with van der Waals surface area (Å²) in [4.78, 5) is 25.8. The van der Waals surface area contributed by atoms with Gasteiger partial charge in [0, 0.05) is 18.0 Å². The predicted molar refractivity (Wildman–Crippen MR) is 139 cm³/mol. The number of phenolic OH excluding ortho intramolecular Hbond substituents is 1. The van der Waals surface area contributed by atoms with Gasteiger partial charge in [-0.1, -0.05) is 30.3 Å². The van der Waals surface area contributed by atoms with Gasteiger partial charge >= 0.3 is 0 Å². The molecule has 2 aromatic carbocycles. The number of phenols is 1. The van der Waals surface area contributed by atoms with Crippen molar-refractivity contribution in [3.8, 4) is 22.6 Å². The molecule has 0 bridgehead atoms. The second-order valence-electron chi connectivity index (χ2n) is 8.69. The summed E-state index contributed by atoms with van der Waals surface area (Å²) in [5, 5.41) is 18.8. The maximum Gasteiger partial charge on any atom is 0.282 e. The first-order chi connectivity index (χ1) is 17.5. The van der Waals surface area contributed by atoms with Gasteiger partial charge in [-0.15, -0.1) is 0 Å². The lowest BCUT2D eigenvalue weighted by Gasteiger charge is -2.20. The molecule has 0 saturated carbocycles. The molecule has 6 aromatic rings. The van der Waals surface area contributed by atoms with E-state index < -0.39 is 0 Å². The van der Waals surface area contributed by atoms with Crippen LogP contribution in [0.15, 0.2) is 84.2 Å². The van der Waals surface area contributed by atoms with Gasteiger partial charge < -0.3 is 15.4 Å². The van der Waals surface area contributed by atoms with Crippen molar-refractivity contribution in [1.29, 1.82) is 0 Å². The number of aromatic amines is 1. The van der Waals surface area contributed by atoms with Crippen molar-refractivity contribution in [2.45, 2.75) is 19.9 Å². The molecule has 4 aromatic heterocycles. The van der Waals surface area contributed by atoms with Crippen molar-refractivity contribution < 1.29 is 5.11 Å². The van der Waals surface area contributed by atoms with E-state index in [0.29, 0.717) is 22.8 Å². The molecule has 0 aliphatic heterocycles. The summed E-state index contributed by atoms with van der Waals surface area (Å²) < 4.78 is 3.29. The lowest BCUT2D eigenvalue weighted by atomic mass is 10.1. The quantitative estimate of drug-likeness (QED) is 0.334. The Bertz CT molecular complexity index is 1770. The van der Waals surface area contributed by atoms with Gasteiger partial charge in [-0.25, -0.2) is 14.5 Å². The molecule has 6 rings (SSSR count). The number of nitrogens with zero attached hydrogens (tertiary/aromatic N) is 5. The standard InChI is InChI=1S/C27H23N7O2/c1-16-12-13-33-23(16)27(36)34(19-6-4-3-5-7-19)26(32-33)17(2)31-25-22-21(14-28-24(22)29-15-30-25)18-8-10-20(35)11-9-18/h3-15,17,35H,1-2H3,(H2,28,29,30,31). The Morgan fingerprint density at radius 3 is 2.58 bits per heavy atom. The minimum absolute atomic E-state index is 0.137. The fourth-order valence-corrected chi connectivity index (χ4v) is 4.55. The number of rotatable bonds is 5. The van der Waals surface area contributed by atoms with E-state index in [9.17, 15) is 9.90 Å². The molecule has 0 aliphatic rings. The number of H-pyrrole nitrogens is 1. The Hall–Kier alpha value is -4.92. The molecule has 4 heterocycles. The van der Waals surface area contributed by atoms with Gasteiger partial charge in [-0.2, -0.15) is 5.10 Å². The van der Waals surface area contributed by atoms with Gasteiger partial charge in [-0.3, -0.25) is 9.36 Å². The van der Waals surface area contributed by atoms with E-state index in [1.165, 1.54) is 6.33 Å². The molecule has 0 aliphatic carbocycles. The van der Waals surface area contributed by atoms with Crippen molar-refractivity contribution in [3.05, 3.63) is 101 Å². The third-order valence-corrected chi connectivity index (χ3v) is 6.32. The molecule has 9 nitrogen and oxygen atoms in total. The number of fused-ring (bicyclic) bond motifs is 2. The largest absolute Gasteiger partial charge is 0.508 e. The number of para-hydroxylation sites is 1. The minimum Gasteiger partial charge on any atom is -0.508 e. The number of aryl methyl sites for hydroxylation is 1. The summed E-state index contributed by atoms with van der Waals surface area (Å²) in [5.74, 6) is 1.35. The third-order valence-electron chi connectivity index (χ3n) is 6.32. The lowest BCUT2D eigenvalue weighted by Crippen LogP contribution is -2.29.